The molecule has 0 saturated carbocycles. The van der Waals surface area contributed by atoms with Crippen molar-refractivity contribution in [3.63, 3.8) is 0 Å². The fraction of sp³-hybridized carbons (Fsp3) is 0.538. The van der Waals surface area contributed by atoms with Crippen LogP contribution in [0, 0.1) is 6.92 Å². The van der Waals surface area contributed by atoms with Gasteiger partial charge in [-0.1, -0.05) is 6.92 Å². The predicted octanol–water partition coefficient (Wildman–Crippen LogP) is 1.90. The lowest BCUT2D eigenvalue weighted by Crippen LogP contribution is -2.08. The number of hydrogen-bond donors (Lipinski definition) is 1. The molecular formula is C13H20N4O. The van der Waals surface area contributed by atoms with E-state index in [1.807, 2.05) is 29.4 Å². The number of hydrogen-bond acceptors (Lipinski definition) is 3. The van der Waals surface area contributed by atoms with Gasteiger partial charge in [-0.05, 0) is 26.3 Å². The topological polar surface area (TPSA) is 55.9 Å². The molecule has 98 valence electrons. The fourth-order valence-corrected chi connectivity index (χ4v) is 2.04. The van der Waals surface area contributed by atoms with Gasteiger partial charge in [0.1, 0.15) is 0 Å². The molecule has 0 saturated heterocycles. The molecule has 0 amide bonds. The molecule has 0 bridgehead atoms. The molecule has 2 rings (SSSR count). The highest BCUT2D eigenvalue weighted by Gasteiger charge is 2.09. The van der Waals surface area contributed by atoms with Crippen LogP contribution in [0.4, 0.5) is 0 Å². The highest BCUT2D eigenvalue weighted by molar-refractivity contribution is 5.12. The van der Waals surface area contributed by atoms with Crippen LogP contribution in [-0.4, -0.2) is 24.7 Å². The van der Waals surface area contributed by atoms with Gasteiger partial charge in [0.15, 0.2) is 0 Å². The van der Waals surface area contributed by atoms with Crippen molar-refractivity contribution in [3.8, 4) is 0 Å². The van der Waals surface area contributed by atoms with Crippen molar-refractivity contribution < 1.29 is 5.11 Å². The molecule has 1 atom stereocenters. The monoisotopic (exact) mass is 248 g/mol. The Hall–Kier alpha value is -1.62. The van der Waals surface area contributed by atoms with E-state index in [0.717, 1.165) is 23.5 Å². The van der Waals surface area contributed by atoms with Gasteiger partial charge < -0.3 is 5.11 Å². The summed E-state index contributed by atoms with van der Waals surface area (Å²) in [5.41, 5.74) is 3.03. The molecule has 2 aromatic heterocycles. The van der Waals surface area contributed by atoms with Crippen LogP contribution >= 0.6 is 0 Å². The van der Waals surface area contributed by atoms with Crippen molar-refractivity contribution in [2.24, 2.45) is 0 Å². The zero-order chi connectivity index (χ0) is 13.1. The van der Waals surface area contributed by atoms with Crippen LogP contribution in [0.5, 0.6) is 0 Å². The third kappa shape index (κ3) is 2.61. The number of aliphatic hydroxyl groups is 1. The average molecular weight is 248 g/mol. The number of rotatable bonds is 5. The van der Waals surface area contributed by atoms with Gasteiger partial charge in [-0.25, -0.2) is 0 Å². The largest absolute Gasteiger partial charge is 0.388 e. The van der Waals surface area contributed by atoms with E-state index in [1.165, 1.54) is 0 Å². The molecule has 0 aliphatic heterocycles. The van der Waals surface area contributed by atoms with Crippen LogP contribution < -0.4 is 0 Å². The molecule has 0 fully saturated rings. The van der Waals surface area contributed by atoms with Crippen LogP contribution in [0.25, 0.3) is 0 Å². The second-order valence-corrected chi connectivity index (χ2v) is 4.49. The quantitative estimate of drug-likeness (QED) is 0.879. The minimum absolute atomic E-state index is 0.420. The van der Waals surface area contributed by atoms with Gasteiger partial charge in [0.2, 0.25) is 0 Å². The summed E-state index contributed by atoms with van der Waals surface area (Å²) in [7, 11) is 0. The Morgan fingerprint density at radius 2 is 2.17 bits per heavy atom. The van der Waals surface area contributed by atoms with Crippen molar-refractivity contribution in [1.82, 2.24) is 19.6 Å². The standard InChI is InChI=1S/C13H20N4O/c1-4-13(18)11-7-14-16(8-11)9-12-6-10(3)15-17(12)5-2/h6-8,13,18H,4-5,9H2,1-3H3. The lowest BCUT2D eigenvalue weighted by atomic mass is 10.2. The molecule has 5 nitrogen and oxygen atoms in total. The Morgan fingerprint density at radius 1 is 1.39 bits per heavy atom. The fourth-order valence-electron chi connectivity index (χ4n) is 2.04. The molecule has 2 heterocycles. The summed E-state index contributed by atoms with van der Waals surface area (Å²) in [4.78, 5) is 0. The molecule has 0 spiro atoms. The summed E-state index contributed by atoms with van der Waals surface area (Å²) in [6.45, 7) is 7.56. The van der Waals surface area contributed by atoms with Gasteiger partial charge in [-0.15, -0.1) is 0 Å². The lowest BCUT2D eigenvalue weighted by Gasteiger charge is -2.05. The number of aromatic nitrogens is 4. The maximum atomic E-state index is 9.74. The van der Waals surface area contributed by atoms with Crippen molar-refractivity contribution in [3.05, 3.63) is 35.4 Å². The van der Waals surface area contributed by atoms with Crippen LogP contribution in [0.3, 0.4) is 0 Å². The molecule has 1 N–H and O–H groups in total. The van der Waals surface area contributed by atoms with E-state index in [1.54, 1.807) is 6.20 Å². The van der Waals surface area contributed by atoms with Crippen molar-refractivity contribution in [2.45, 2.75) is 46.4 Å². The summed E-state index contributed by atoms with van der Waals surface area (Å²) >= 11 is 0. The molecule has 2 aromatic rings. The molecule has 18 heavy (non-hydrogen) atoms. The van der Waals surface area contributed by atoms with E-state index < -0.39 is 6.10 Å². The second kappa shape index (κ2) is 5.35. The minimum Gasteiger partial charge on any atom is -0.388 e. The van der Waals surface area contributed by atoms with E-state index in [-0.39, 0.29) is 0 Å². The SMILES string of the molecule is CCC(O)c1cnn(Cc2cc(C)nn2CC)c1. The number of aliphatic hydroxyl groups excluding tert-OH is 1. The summed E-state index contributed by atoms with van der Waals surface area (Å²) < 4.78 is 3.82. The van der Waals surface area contributed by atoms with Crippen LogP contribution in [0.2, 0.25) is 0 Å². The first-order chi connectivity index (χ1) is 8.63. The second-order valence-electron chi connectivity index (χ2n) is 4.49. The summed E-state index contributed by atoms with van der Waals surface area (Å²) in [5, 5.41) is 18.4. The van der Waals surface area contributed by atoms with Gasteiger partial charge in [-0.2, -0.15) is 10.2 Å². The van der Waals surface area contributed by atoms with E-state index in [4.69, 9.17) is 0 Å². The first-order valence-electron chi connectivity index (χ1n) is 6.37. The van der Waals surface area contributed by atoms with Gasteiger partial charge in [0.25, 0.3) is 0 Å². The summed E-state index contributed by atoms with van der Waals surface area (Å²) in [6.07, 6.45) is 3.92. The molecule has 0 aliphatic rings. The number of aryl methyl sites for hydroxylation is 2. The zero-order valence-electron chi connectivity index (χ0n) is 11.2. The Morgan fingerprint density at radius 3 is 2.83 bits per heavy atom. The highest BCUT2D eigenvalue weighted by Crippen LogP contribution is 2.15. The summed E-state index contributed by atoms with van der Waals surface area (Å²) in [6, 6.07) is 2.07. The van der Waals surface area contributed by atoms with Gasteiger partial charge >= 0.3 is 0 Å². The van der Waals surface area contributed by atoms with E-state index in [2.05, 4.69) is 23.2 Å². The molecule has 5 heteroatoms. The first kappa shape index (κ1) is 12.8. The van der Waals surface area contributed by atoms with Crippen molar-refractivity contribution in [2.75, 3.05) is 0 Å². The minimum atomic E-state index is -0.420. The summed E-state index contributed by atoms with van der Waals surface area (Å²) in [5.74, 6) is 0. The molecule has 0 radical (unpaired) electrons. The van der Waals surface area contributed by atoms with Crippen LogP contribution in [-0.2, 0) is 13.1 Å². The van der Waals surface area contributed by atoms with E-state index >= 15 is 0 Å². The third-order valence-corrected chi connectivity index (χ3v) is 3.03. The van der Waals surface area contributed by atoms with Crippen LogP contribution in [0.1, 0.15) is 43.3 Å². The van der Waals surface area contributed by atoms with Gasteiger partial charge in [-0.3, -0.25) is 9.36 Å². The average Bonchev–Trinajstić information content (AvgIpc) is 2.95. The van der Waals surface area contributed by atoms with E-state index in [9.17, 15) is 5.11 Å². The number of nitrogens with zero attached hydrogens (tertiary/aromatic N) is 4. The highest BCUT2D eigenvalue weighted by atomic mass is 16.3. The van der Waals surface area contributed by atoms with Crippen molar-refractivity contribution >= 4 is 0 Å². The maximum Gasteiger partial charge on any atom is 0.0828 e. The first-order valence-corrected chi connectivity index (χ1v) is 6.37. The molecule has 1 unspecified atom stereocenters. The van der Waals surface area contributed by atoms with Gasteiger partial charge in [0, 0.05) is 18.3 Å². The Kier molecular flexibility index (Phi) is 3.81. The van der Waals surface area contributed by atoms with Crippen LogP contribution in [0.15, 0.2) is 18.5 Å². The maximum absolute atomic E-state index is 9.74. The molecular weight excluding hydrogens is 228 g/mol. The third-order valence-electron chi connectivity index (χ3n) is 3.03. The smallest absolute Gasteiger partial charge is 0.0828 e. The van der Waals surface area contributed by atoms with Gasteiger partial charge in [0.05, 0.1) is 30.2 Å². The lowest BCUT2D eigenvalue weighted by molar-refractivity contribution is 0.173. The zero-order valence-corrected chi connectivity index (χ0v) is 11.2. The normalized spacial score (nSPS) is 12.9. The Balaban J connectivity index is 2.15. The van der Waals surface area contributed by atoms with Crippen molar-refractivity contribution in [1.29, 1.82) is 0 Å². The molecule has 0 aromatic carbocycles. The van der Waals surface area contributed by atoms with E-state index in [0.29, 0.717) is 13.0 Å². The molecule has 0 aliphatic carbocycles. The predicted molar refractivity (Wildman–Crippen MR) is 69.2 cm³/mol. The Bertz CT molecular complexity index is 515. The Labute approximate surface area is 107 Å².